The molecule has 0 saturated heterocycles. The zero-order chi connectivity index (χ0) is 15.9. The fourth-order valence-electron chi connectivity index (χ4n) is 2.44. The van der Waals surface area contributed by atoms with Crippen LogP contribution in [0.25, 0.3) is 0 Å². The van der Waals surface area contributed by atoms with Crippen LogP contribution in [0.1, 0.15) is 98.3 Å². The summed E-state index contributed by atoms with van der Waals surface area (Å²) in [5, 5.41) is 0. The molecule has 2 nitrogen and oxygen atoms in total. The van der Waals surface area contributed by atoms with E-state index in [9.17, 15) is 4.79 Å². The maximum Gasteiger partial charge on any atom is 0.305 e. The van der Waals surface area contributed by atoms with Crippen molar-refractivity contribution in [2.45, 2.75) is 98.3 Å². The van der Waals surface area contributed by atoms with Crippen molar-refractivity contribution in [2.75, 3.05) is 6.61 Å². The van der Waals surface area contributed by atoms with Gasteiger partial charge in [-0.25, -0.2) is 0 Å². The number of hydrogen-bond donors (Lipinski definition) is 0. The van der Waals surface area contributed by atoms with Gasteiger partial charge in [-0.15, -0.1) is 0 Å². The van der Waals surface area contributed by atoms with E-state index in [1.807, 2.05) is 0 Å². The van der Waals surface area contributed by atoms with Gasteiger partial charge in [0.15, 0.2) is 0 Å². The Kier molecular flexibility index (Phi) is 14.0. The molecule has 0 N–H and O–H groups in total. The Morgan fingerprint density at radius 2 is 1.19 bits per heavy atom. The summed E-state index contributed by atoms with van der Waals surface area (Å²) in [5.41, 5.74) is 0. The topological polar surface area (TPSA) is 26.3 Å². The average molecular weight is 299 g/mol. The van der Waals surface area contributed by atoms with Crippen molar-refractivity contribution in [3.63, 3.8) is 0 Å². The van der Waals surface area contributed by atoms with Crippen LogP contribution in [-0.2, 0) is 9.53 Å². The molecule has 0 rings (SSSR count). The Balaban J connectivity index is 3.18. The summed E-state index contributed by atoms with van der Waals surface area (Å²) >= 11 is 0. The van der Waals surface area contributed by atoms with Crippen LogP contribution in [0.2, 0.25) is 0 Å². The number of rotatable bonds is 14. The molecular formula is C19H38O2. The first-order valence-electron chi connectivity index (χ1n) is 9.18. The van der Waals surface area contributed by atoms with Gasteiger partial charge in [-0.2, -0.15) is 0 Å². The molecule has 0 aliphatic carbocycles. The van der Waals surface area contributed by atoms with Crippen molar-refractivity contribution in [2.24, 2.45) is 11.8 Å². The van der Waals surface area contributed by atoms with E-state index < -0.39 is 0 Å². The number of hydrogen-bond acceptors (Lipinski definition) is 2. The summed E-state index contributed by atoms with van der Waals surface area (Å²) in [6, 6.07) is 0. The molecule has 0 bridgehead atoms. The lowest BCUT2D eigenvalue weighted by molar-refractivity contribution is -0.143. The third kappa shape index (κ3) is 17.4. The molecule has 21 heavy (non-hydrogen) atoms. The molecule has 0 radical (unpaired) electrons. The van der Waals surface area contributed by atoms with Crippen LogP contribution in [-0.4, -0.2) is 12.6 Å². The molecule has 0 spiro atoms. The SMILES string of the molecule is CC(C)CCCCCCCCOC(=O)CCCCC(C)C. The first kappa shape index (κ1) is 20.5. The first-order valence-corrected chi connectivity index (χ1v) is 9.18. The van der Waals surface area contributed by atoms with Crippen molar-refractivity contribution in [1.82, 2.24) is 0 Å². The molecule has 0 saturated carbocycles. The monoisotopic (exact) mass is 298 g/mol. The summed E-state index contributed by atoms with van der Waals surface area (Å²) < 4.78 is 5.27. The van der Waals surface area contributed by atoms with Crippen molar-refractivity contribution in [3.8, 4) is 0 Å². The number of esters is 1. The average Bonchev–Trinajstić information content (AvgIpc) is 2.41. The molecule has 0 aromatic carbocycles. The minimum atomic E-state index is -0.00399. The lowest BCUT2D eigenvalue weighted by Gasteiger charge is -2.06. The highest BCUT2D eigenvalue weighted by atomic mass is 16.5. The van der Waals surface area contributed by atoms with Crippen LogP contribution in [0.3, 0.4) is 0 Å². The lowest BCUT2D eigenvalue weighted by Crippen LogP contribution is -2.05. The van der Waals surface area contributed by atoms with E-state index in [4.69, 9.17) is 4.74 Å². The predicted octanol–water partition coefficient (Wildman–Crippen LogP) is 6.13. The van der Waals surface area contributed by atoms with E-state index in [2.05, 4.69) is 27.7 Å². The van der Waals surface area contributed by atoms with Crippen LogP contribution in [0.15, 0.2) is 0 Å². The van der Waals surface area contributed by atoms with Gasteiger partial charge in [-0.3, -0.25) is 4.79 Å². The zero-order valence-electron chi connectivity index (χ0n) is 15.0. The smallest absolute Gasteiger partial charge is 0.305 e. The Morgan fingerprint density at radius 3 is 1.76 bits per heavy atom. The number of ether oxygens (including phenoxy) is 1. The van der Waals surface area contributed by atoms with E-state index in [1.54, 1.807) is 0 Å². The van der Waals surface area contributed by atoms with Crippen molar-refractivity contribution >= 4 is 5.97 Å². The minimum Gasteiger partial charge on any atom is -0.466 e. The van der Waals surface area contributed by atoms with Crippen LogP contribution >= 0.6 is 0 Å². The van der Waals surface area contributed by atoms with Crippen LogP contribution < -0.4 is 0 Å². The Hall–Kier alpha value is -0.530. The van der Waals surface area contributed by atoms with Gasteiger partial charge in [-0.1, -0.05) is 79.1 Å². The molecule has 2 heteroatoms. The molecule has 126 valence electrons. The number of unbranched alkanes of at least 4 members (excludes halogenated alkanes) is 6. The minimum absolute atomic E-state index is 0.00399. The quantitative estimate of drug-likeness (QED) is 0.285. The number of carbonyl (C=O) groups is 1. The Bertz CT molecular complexity index is 234. The predicted molar refractivity (Wildman–Crippen MR) is 91.4 cm³/mol. The summed E-state index contributed by atoms with van der Waals surface area (Å²) in [7, 11) is 0. The Morgan fingerprint density at radius 1 is 0.714 bits per heavy atom. The van der Waals surface area contributed by atoms with Crippen LogP contribution in [0, 0.1) is 11.8 Å². The van der Waals surface area contributed by atoms with Gasteiger partial charge in [0.05, 0.1) is 6.61 Å². The maximum atomic E-state index is 11.5. The fourth-order valence-corrected chi connectivity index (χ4v) is 2.44. The molecule has 0 atom stereocenters. The molecular weight excluding hydrogens is 260 g/mol. The zero-order valence-corrected chi connectivity index (χ0v) is 15.0. The van der Waals surface area contributed by atoms with E-state index in [0.717, 1.165) is 31.1 Å². The van der Waals surface area contributed by atoms with Crippen molar-refractivity contribution < 1.29 is 9.53 Å². The Labute approximate surface area is 133 Å². The van der Waals surface area contributed by atoms with E-state index in [1.165, 1.54) is 44.9 Å². The maximum absolute atomic E-state index is 11.5. The van der Waals surface area contributed by atoms with Gasteiger partial charge < -0.3 is 4.74 Å². The third-order valence-corrected chi connectivity index (χ3v) is 3.85. The van der Waals surface area contributed by atoms with E-state index in [0.29, 0.717) is 13.0 Å². The summed E-state index contributed by atoms with van der Waals surface area (Å²) in [5.74, 6) is 1.57. The second-order valence-electron chi connectivity index (χ2n) is 7.16. The molecule has 0 unspecified atom stereocenters. The second-order valence-corrected chi connectivity index (χ2v) is 7.16. The summed E-state index contributed by atoms with van der Waals surface area (Å²) in [6.07, 6.45) is 12.8. The molecule has 0 heterocycles. The van der Waals surface area contributed by atoms with Gasteiger partial charge >= 0.3 is 5.97 Å². The van der Waals surface area contributed by atoms with Crippen LogP contribution in [0.5, 0.6) is 0 Å². The van der Waals surface area contributed by atoms with Gasteiger partial charge in [0, 0.05) is 6.42 Å². The van der Waals surface area contributed by atoms with Crippen molar-refractivity contribution in [3.05, 3.63) is 0 Å². The molecule has 0 aromatic heterocycles. The highest BCUT2D eigenvalue weighted by molar-refractivity contribution is 5.69. The molecule has 0 aromatic rings. The normalized spacial score (nSPS) is 11.3. The third-order valence-electron chi connectivity index (χ3n) is 3.85. The van der Waals surface area contributed by atoms with E-state index in [-0.39, 0.29) is 5.97 Å². The fraction of sp³-hybridized carbons (Fsp3) is 0.947. The molecule has 0 aliphatic heterocycles. The van der Waals surface area contributed by atoms with Gasteiger partial charge in [0.1, 0.15) is 0 Å². The largest absolute Gasteiger partial charge is 0.466 e. The molecule has 0 aliphatic rings. The number of carbonyl (C=O) groups excluding carboxylic acids is 1. The van der Waals surface area contributed by atoms with Crippen molar-refractivity contribution in [1.29, 1.82) is 0 Å². The summed E-state index contributed by atoms with van der Waals surface area (Å²) in [6.45, 7) is 9.64. The highest BCUT2D eigenvalue weighted by Crippen LogP contribution is 2.12. The van der Waals surface area contributed by atoms with Gasteiger partial charge in [-0.05, 0) is 24.7 Å². The highest BCUT2D eigenvalue weighted by Gasteiger charge is 2.03. The standard InChI is InChI=1S/C19H38O2/c1-17(2)13-9-7-5-6-8-12-16-21-19(20)15-11-10-14-18(3)4/h17-18H,5-16H2,1-4H3. The second kappa shape index (κ2) is 14.4. The van der Waals surface area contributed by atoms with E-state index >= 15 is 0 Å². The molecule has 0 amide bonds. The lowest BCUT2D eigenvalue weighted by atomic mass is 10.0. The summed E-state index contributed by atoms with van der Waals surface area (Å²) in [4.78, 5) is 11.5. The van der Waals surface area contributed by atoms with Crippen LogP contribution in [0.4, 0.5) is 0 Å². The molecule has 0 fully saturated rings. The van der Waals surface area contributed by atoms with Gasteiger partial charge in [0.25, 0.3) is 0 Å². The first-order chi connectivity index (χ1) is 10.0. The van der Waals surface area contributed by atoms with Gasteiger partial charge in [0.2, 0.25) is 0 Å².